The lowest BCUT2D eigenvalue weighted by molar-refractivity contribution is -0.115. The molecule has 0 bridgehead atoms. The monoisotopic (exact) mass is 458 g/mol. The number of hydrogen-bond donors (Lipinski definition) is 1. The van der Waals surface area contributed by atoms with E-state index in [1.807, 2.05) is 0 Å². The van der Waals surface area contributed by atoms with E-state index in [-0.39, 0.29) is 22.6 Å². The van der Waals surface area contributed by atoms with Crippen LogP contribution in [0.15, 0.2) is 52.2 Å². The van der Waals surface area contributed by atoms with Gasteiger partial charge in [0.05, 0.1) is 35.2 Å². The number of sulfonamides is 1. The van der Waals surface area contributed by atoms with E-state index >= 15 is 0 Å². The first-order valence-corrected chi connectivity index (χ1v) is 11.6. The van der Waals surface area contributed by atoms with Crippen molar-refractivity contribution < 1.29 is 17.9 Å². The molecular weight excluding hydrogens is 432 g/mol. The molecule has 170 valence electrons. The number of methoxy groups -OCH3 is 1. The zero-order valence-corrected chi connectivity index (χ0v) is 19.3. The van der Waals surface area contributed by atoms with Gasteiger partial charge in [-0.25, -0.2) is 13.1 Å². The number of ether oxygens (including phenoxy) is 1. The summed E-state index contributed by atoms with van der Waals surface area (Å²) in [6.45, 7) is 4.19. The average Bonchev–Trinajstić information content (AvgIpc) is 2.78. The highest BCUT2D eigenvalue weighted by Gasteiger charge is 2.23. The Hall–Kier alpha value is -3.24. The van der Waals surface area contributed by atoms with Gasteiger partial charge < -0.3 is 10.1 Å². The first-order chi connectivity index (χ1) is 15.2. The van der Waals surface area contributed by atoms with Crippen LogP contribution in [0, 0.1) is 0 Å². The Labute approximate surface area is 186 Å². The Morgan fingerprint density at radius 2 is 1.78 bits per heavy atom. The second-order valence-electron chi connectivity index (χ2n) is 7.10. The highest BCUT2D eigenvalue weighted by atomic mass is 32.2. The van der Waals surface area contributed by atoms with E-state index in [0.717, 1.165) is 0 Å². The molecule has 0 radical (unpaired) electrons. The molecule has 1 heterocycles. The van der Waals surface area contributed by atoms with Gasteiger partial charge in [0.1, 0.15) is 5.75 Å². The number of fused-ring (bicyclic) bond motifs is 1. The van der Waals surface area contributed by atoms with Gasteiger partial charge >= 0.3 is 0 Å². The van der Waals surface area contributed by atoms with E-state index in [9.17, 15) is 18.0 Å². The Morgan fingerprint density at radius 1 is 1.12 bits per heavy atom. The van der Waals surface area contributed by atoms with E-state index in [1.165, 1.54) is 41.3 Å². The van der Waals surface area contributed by atoms with Crippen LogP contribution < -0.4 is 15.6 Å². The molecule has 1 N–H and O–H groups in total. The normalized spacial score (nSPS) is 11.7. The van der Waals surface area contributed by atoms with Crippen LogP contribution in [0.3, 0.4) is 0 Å². The number of aryl methyl sites for hydroxylation is 1. The van der Waals surface area contributed by atoms with Crippen molar-refractivity contribution in [3.63, 3.8) is 0 Å². The van der Waals surface area contributed by atoms with Gasteiger partial charge in [0.15, 0.2) is 0 Å². The molecule has 3 aromatic rings. The fourth-order valence-corrected chi connectivity index (χ4v) is 5.00. The molecule has 32 heavy (non-hydrogen) atoms. The molecule has 1 aromatic heterocycles. The van der Waals surface area contributed by atoms with E-state index in [2.05, 4.69) is 10.4 Å². The summed E-state index contributed by atoms with van der Waals surface area (Å²) in [6, 6.07) is 11.3. The van der Waals surface area contributed by atoms with Crippen LogP contribution in [0.25, 0.3) is 10.8 Å². The van der Waals surface area contributed by atoms with E-state index in [1.54, 1.807) is 38.1 Å². The van der Waals surface area contributed by atoms with Crippen molar-refractivity contribution in [3.8, 4) is 5.75 Å². The van der Waals surface area contributed by atoms with E-state index in [0.29, 0.717) is 35.3 Å². The molecule has 1 amide bonds. The SMILES string of the molecule is CCN(CC)S(=O)(=O)c1ccc(OC)c(NC(=O)Cc2nn(C)c(=O)c3ccccc23)c1. The number of rotatable bonds is 8. The van der Waals surface area contributed by atoms with Crippen LogP contribution in [0.4, 0.5) is 5.69 Å². The van der Waals surface area contributed by atoms with Crippen molar-refractivity contribution in [1.29, 1.82) is 0 Å². The molecule has 3 rings (SSSR count). The summed E-state index contributed by atoms with van der Waals surface area (Å²) in [5.74, 6) is -0.0906. The number of amides is 1. The highest BCUT2D eigenvalue weighted by Crippen LogP contribution is 2.29. The Bertz CT molecular complexity index is 1310. The second-order valence-corrected chi connectivity index (χ2v) is 9.04. The summed E-state index contributed by atoms with van der Waals surface area (Å²) < 4.78 is 33.6. The standard InChI is InChI=1S/C22H26N4O5S/c1-5-26(6-2)32(29,30)15-11-12-20(31-4)19(13-15)23-21(27)14-18-16-9-7-8-10-17(16)22(28)25(3)24-18/h7-13H,5-6,14H2,1-4H3,(H,23,27). The topological polar surface area (TPSA) is 111 Å². The summed E-state index contributed by atoms with van der Waals surface area (Å²) in [5.41, 5.74) is 0.423. The molecule has 0 spiro atoms. The number of hydrogen-bond acceptors (Lipinski definition) is 6. The third-order valence-electron chi connectivity index (χ3n) is 5.15. The highest BCUT2D eigenvalue weighted by molar-refractivity contribution is 7.89. The van der Waals surface area contributed by atoms with Crippen molar-refractivity contribution in [2.75, 3.05) is 25.5 Å². The van der Waals surface area contributed by atoms with Crippen LogP contribution in [-0.4, -0.2) is 48.6 Å². The predicted octanol–water partition coefficient (Wildman–Crippen LogP) is 2.15. The van der Waals surface area contributed by atoms with Crippen LogP contribution in [-0.2, 0) is 28.3 Å². The molecule has 0 atom stereocenters. The van der Waals surface area contributed by atoms with Gasteiger partial charge in [-0.1, -0.05) is 32.0 Å². The van der Waals surface area contributed by atoms with Crippen molar-refractivity contribution >= 4 is 32.4 Å². The van der Waals surface area contributed by atoms with Gasteiger partial charge in [0, 0.05) is 25.5 Å². The zero-order valence-electron chi connectivity index (χ0n) is 18.5. The number of benzene rings is 2. The maximum atomic E-state index is 12.9. The van der Waals surface area contributed by atoms with Gasteiger partial charge in [0.2, 0.25) is 15.9 Å². The zero-order chi connectivity index (χ0) is 23.5. The number of nitrogens with one attached hydrogen (secondary N) is 1. The van der Waals surface area contributed by atoms with Crippen LogP contribution in [0.2, 0.25) is 0 Å². The number of carbonyl (C=O) groups excluding carboxylic acids is 1. The Morgan fingerprint density at radius 3 is 2.41 bits per heavy atom. The smallest absolute Gasteiger partial charge is 0.274 e. The third kappa shape index (κ3) is 4.51. The molecule has 0 saturated carbocycles. The lowest BCUT2D eigenvalue weighted by Crippen LogP contribution is -2.30. The quantitative estimate of drug-likeness (QED) is 0.554. The average molecular weight is 459 g/mol. The molecule has 0 aliphatic carbocycles. The van der Waals surface area contributed by atoms with Gasteiger partial charge in [-0.3, -0.25) is 9.59 Å². The molecule has 2 aromatic carbocycles. The summed E-state index contributed by atoms with van der Waals surface area (Å²) >= 11 is 0. The summed E-state index contributed by atoms with van der Waals surface area (Å²) in [4.78, 5) is 25.2. The minimum Gasteiger partial charge on any atom is -0.495 e. The lowest BCUT2D eigenvalue weighted by Gasteiger charge is -2.19. The number of aromatic nitrogens is 2. The van der Waals surface area contributed by atoms with Crippen molar-refractivity contribution in [3.05, 3.63) is 58.5 Å². The van der Waals surface area contributed by atoms with Gasteiger partial charge in [-0.05, 0) is 24.3 Å². The molecule has 0 aliphatic heterocycles. The van der Waals surface area contributed by atoms with Gasteiger partial charge in [0.25, 0.3) is 5.56 Å². The molecular formula is C22H26N4O5S. The fourth-order valence-electron chi connectivity index (χ4n) is 3.51. The van der Waals surface area contributed by atoms with Crippen LogP contribution in [0.1, 0.15) is 19.5 Å². The van der Waals surface area contributed by atoms with Crippen molar-refractivity contribution in [2.24, 2.45) is 7.05 Å². The van der Waals surface area contributed by atoms with Crippen LogP contribution >= 0.6 is 0 Å². The first kappa shape index (κ1) is 23.4. The van der Waals surface area contributed by atoms with E-state index in [4.69, 9.17) is 4.74 Å². The van der Waals surface area contributed by atoms with Crippen LogP contribution in [0.5, 0.6) is 5.75 Å². The van der Waals surface area contributed by atoms with Gasteiger partial charge in [-0.15, -0.1) is 0 Å². The lowest BCUT2D eigenvalue weighted by atomic mass is 10.1. The molecule has 0 aliphatic rings. The summed E-state index contributed by atoms with van der Waals surface area (Å²) in [7, 11) is -0.742. The maximum Gasteiger partial charge on any atom is 0.274 e. The first-order valence-electron chi connectivity index (χ1n) is 10.2. The summed E-state index contributed by atoms with van der Waals surface area (Å²) in [5, 5.41) is 8.02. The molecule has 0 saturated heterocycles. The van der Waals surface area contributed by atoms with E-state index < -0.39 is 15.9 Å². The summed E-state index contributed by atoms with van der Waals surface area (Å²) in [6.07, 6.45) is -0.106. The second kappa shape index (κ2) is 9.49. The molecule has 0 unspecified atom stereocenters. The minimum absolute atomic E-state index is 0.0583. The minimum atomic E-state index is -3.71. The number of carbonyl (C=O) groups is 1. The predicted molar refractivity (Wildman–Crippen MR) is 122 cm³/mol. The Kier molecular flexibility index (Phi) is 6.95. The van der Waals surface area contributed by atoms with Crippen molar-refractivity contribution in [1.82, 2.24) is 14.1 Å². The Balaban J connectivity index is 1.94. The molecule has 10 heteroatoms. The molecule has 9 nitrogen and oxygen atoms in total. The molecule has 0 fully saturated rings. The van der Waals surface area contributed by atoms with Crippen molar-refractivity contribution in [2.45, 2.75) is 25.2 Å². The third-order valence-corrected chi connectivity index (χ3v) is 7.20. The van der Waals surface area contributed by atoms with Gasteiger partial charge in [-0.2, -0.15) is 9.40 Å². The number of anilines is 1. The maximum absolute atomic E-state index is 12.9. The fraction of sp³-hybridized carbons (Fsp3) is 0.318. The largest absolute Gasteiger partial charge is 0.495 e. The number of nitrogens with zero attached hydrogens (tertiary/aromatic N) is 3.